The summed E-state index contributed by atoms with van der Waals surface area (Å²) in [5, 5.41) is 2.11. The van der Waals surface area contributed by atoms with Crippen LogP contribution in [0.5, 0.6) is 0 Å². The third-order valence-electron chi connectivity index (χ3n) is 7.86. The molecule has 5 nitrogen and oxygen atoms in total. The Morgan fingerprint density at radius 2 is 1.56 bits per heavy atom. The Morgan fingerprint density at radius 1 is 1.00 bits per heavy atom. The zero-order chi connectivity index (χ0) is 21.2. The van der Waals surface area contributed by atoms with E-state index in [0.717, 1.165) is 41.2 Å². The lowest BCUT2D eigenvalue weighted by atomic mass is 9.53. The summed E-state index contributed by atoms with van der Waals surface area (Å²) in [6, 6.07) is 7.13. The molecule has 0 atom stereocenters. The predicted octanol–water partition coefficient (Wildman–Crippen LogP) is 5.20. The predicted molar refractivity (Wildman–Crippen MR) is 130 cm³/mol. The van der Waals surface area contributed by atoms with E-state index in [9.17, 15) is 9.59 Å². The van der Waals surface area contributed by atoms with Gasteiger partial charge in [-0.15, -0.1) is 28.3 Å². The van der Waals surface area contributed by atoms with E-state index in [1.165, 1.54) is 43.4 Å². The van der Waals surface area contributed by atoms with Gasteiger partial charge >= 0.3 is 0 Å². The zero-order valence-corrected chi connectivity index (χ0v) is 21.0. The molecule has 0 unspecified atom stereocenters. The van der Waals surface area contributed by atoms with Gasteiger partial charge in [-0.2, -0.15) is 0 Å². The molecule has 4 saturated carbocycles. The van der Waals surface area contributed by atoms with Gasteiger partial charge in [-0.05, 0) is 74.8 Å². The van der Waals surface area contributed by atoms with Crippen molar-refractivity contribution < 1.29 is 9.59 Å². The molecule has 170 valence electrons. The first-order valence-corrected chi connectivity index (χ1v) is 12.6. The van der Waals surface area contributed by atoms with Crippen LogP contribution >= 0.6 is 28.3 Å². The van der Waals surface area contributed by atoms with Gasteiger partial charge in [0.2, 0.25) is 0 Å². The zero-order valence-electron chi connectivity index (χ0n) is 18.5. The third-order valence-corrected chi connectivity index (χ3v) is 8.77. The summed E-state index contributed by atoms with van der Waals surface area (Å²) in [6.07, 6.45) is 8.99. The van der Waals surface area contributed by atoms with Crippen LogP contribution in [-0.4, -0.2) is 26.8 Å². The summed E-state index contributed by atoms with van der Waals surface area (Å²) in [4.78, 5) is 33.6. The maximum absolute atomic E-state index is 12.9. The van der Waals surface area contributed by atoms with Crippen molar-refractivity contribution >= 4 is 40.1 Å². The molecule has 2 amide bonds. The highest BCUT2D eigenvalue weighted by Crippen LogP contribution is 2.57. The van der Waals surface area contributed by atoms with E-state index in [4.69, 9.17) is 4.99 Å². The highest BCUT2D eigenvalue weighted by molar-refractivity contribution is 8.93. The molecule has 0 N–H and O–H groups in total. The van der Waals surface area contributed by atoms with Crippen LogP contribution in [-0.2, 0) is 13.1 Å². The number of imide groups is 1. The van der Waals surface area contributed by atoms with E-state index in [-0.39, 0.29) is 34.3 Å². The Balaban J connectivity index is 0.00000216. The van der Waals surface area contributed by atoms with E-state index < -0.39 is 0 Å². The quantitative estimate of drug-likeness (QED) is 0.513. The van der Waals surface area contributed by atoms with Gasteiger partial charge < -0.3 is 4.57 Å². The van der Waals surface area contributed by atoms with Crippen molar-refractivity contribution in [3.63, 3.8) is 0 Å². The standard InChI is InChI=1S/C25H29N3O2S.BrH/c1-2-7-27-19(14-28-22(29)20-5-3-4-6-21(20)23(28)30)15-31-24(27)26-25-11-16-8-17(12-25)10-18(9-16)13-25;/h3-6,15-18H,2,7-14H2,1H3;1H. The molecule has 0 spiro atoms. The molecule has 1 aromatic heterocycles. The molecule has 2 heterocycles. The fourth-order valence-electron chi connectivity index (χ4n) is 6.99. The summed E-state index contributed by atoms with van der Waals surface area (Å²) < 4.78 is 2.27. The Labute approximate surface area is 203 Å². The molecule has 2 aromatic rings. The maximum Gasteiger partial charge on any atom is 0.261 e. The number of fused-ring (bicyclic) bond motifs is 1. The van der Waals surface area contributed by atoms with Gasteiger partial charge in [-0.1, -0.05) is 19.1 Å². The topological polar surface area (TPSA) is 54.7 Å². The molecule has 7 heteroatoms. The Morgan fingerprint density at radius 3 is 2.09 bits per heavy atom. The number of hydrogen-bond donors (Lipinski definition) is 0. The van der Waals surface area contributed by atoms with Gasteiger partial charge in [-0.25, -0.2) is 0 Å². The van der Waals surface area contributed by atoms with Crippen LogP contribution in [0, 0.1) is 17.8 Å². The lowest BCUT2D eigenvalue weighted by Crippen LogP contribution is -2.50. The lowest BCUT2D eigenvalue weighted by molar-refractivity contribution is -0.000432. The lowest BCUT2D eigenvalue weighted by Gasteiger charge is -2.54. The highest BCUT2D eigenvalue weighted by atomic mass is 79.9. The summed E-state index contributed by atoms with van der Waals surface area (Å²) in [7, 11) is 0. The second-order valence-electron chi connectivity index (χ2n) is 10.2. The first-order chi connectivity index (χ1) is 15.0. The average Bonchev–Trinajstić information content (AvgIpc) is 3.21. The fourth-order valence-corrected chi connectivity index (χ4v) is 8.02. The normalized spacial score (nSPS) is 30.7. The van der Waals surface area contributed by atoms with Crippen LogP contribution in [0.3, 0.4) is 0 Å². The molecular weight excluding hydrogens is 486 g/mol. The van der Waals surface area contributed by atoms with E-state index in [1.54, 1.807) is 23.5 Å². The van der Waals surface area contributed by atoms with Crippen molar-refractivity contribution in [2.45, 2.75) is 70.5 Å². The molecule has 32 heavy (non-hydrogen) atoms. The van der Waals surface area contributed by atoms with Gasteiger partial charge in [0.15, 0.2) is 4.80 Å². The SMILES string of the molecule is Br.CCCn1c(CN2C(=O)c3ccccc3C2=O)csc1=NC12CC3CC(CC(C3)C1)C2. The Bertz CT molecular complexity index is 1060. The molecule has 4 bridgehead atoms. The molecule has 5 aliphatic rings. The minimum absolute atomic E-state index is 0. The number of thiazole rings is 1. The molecule has 1 aromatic carbocycles. The van der Waals surface area contributed by atoms with E-state index >= 15 is 0 Å². The molecule has 4 fully saturated rings. The summed E-state index contributed by atoms with van der Waals surface area (Å²) >= 11 is 1.68. The van der Waals surface area contributed by atoms with Crippen molar-refractivity contribution in [2.75, 3.05) is 0 Å². The summed E-state index contributed by atoms with van der Waals surface area (Å²) in [5.74, 6) is 2.23. The molecule has 1 aliphatic heterocycles. The smallest absolute Gasteiger partial charge is 0.261 e. The first kappa shape index (κ1) is 22.1. The Kier molecular flexibility index (Phi) is 5.69. The second kappa shape index (κ2) is 8.24. The monoisotopic (exact) mass is 515 g/mol. The molecule has 4 aliphatic carbocycles. The number of rotatable bonds is 5. The number of aromatic nitrogens is 1. The third kappa shape index (κ3) is 3.52. The highest BCUT2D eigenvalue weighted by Gasteiger charge is 2.51. The number of amides is 2. The number of carbonyl (C=O) groups excluding carboxylic acids is 2. The number of nitrogens with zero attached hydrogens (tertiary/aromatic N) is 3. The van der Waals surface area contributed by atoms with E-state index in [2.05, 4.69) is 16.9 Å². The minimum Gasteiger partial charge on any atom is -0.319 e. The molecule has 7 rings (SSSR count). The fraction of sp³-hybridized carbons (Fsp3) is 0.560. The summed E-state index contributed by atoms with van der Waals surface area (Å²) in [6.45, 7) is 3.36. The van der Waals surface area contributed by atoms with Crippen molar-refractivity contribution in [3.8, 4) is 0 Å². The van der Waals surface area contributed by atoms with E-state index in [0.29, 0.717) is 17.7 Å². The van der Waals surface area contributed by atoms with Gasteiger partial charge in [0, 0.05) is 11.9 Å². The van der Waals surface area contributed by atoms with Gasteiger partial charge in [-0.3, -0.25) is 19.5 Å². The second-order valence-corrected chi connectivity index (χ2v) is 11.0. The number of benzene rings is 1. The average molecular weight is 517 g/mol. The number of halogens is 1. The van der Waals surface area contributed by atoms with E-state index in [1.807, 2.05) is 12.1 Å². The maximum atomic E-state index is 12.9. The van der Waals surface area contributed by atoms with Crippen molar-refractivity contribution in [1.82, 2.24) is 9.47 Å². The first-order valence-electron chi connectivity index (χ1n) is 11.7. The van der Waals surface area contributed by atoms with Gasteiger partial charge in [0.1, 0.15) is 0 Å². The van der Waals surface area contributed by atoms with Crippen molar-refractivity contribution in [1.29, 1.82) is 0 Å². The molecule has 0 radical (unpaired) electrons. The van der Waals surface area contributed by atoms with Crippen molar-refractivity contribution in [2.24, 2.45) is 22.7 Å². The summed E-state index contributed by atoms with van der Waals surface area (Å²) in [5.41, 5.74) is 2.18. The van der Waals surface area contributed by atoms with Crippen LogP contribution in [0.4, 0.5) is 0 Å². The van der Waals surface area contributed by atoms with Gasteiger partial charge in [0.05, 0.1) is 28.9 Å². The van der Waals surface area contributed by atoms with Crippen LogP contribution in [0.1, 0.15) is 78.3 Å². The minimum atomic E-state index is -0.186. The van der Waals surface area contributed by atoms with Gasteiger partial charge in [0.25, 0.3) is 11.8 Å². The molecular formula is C25H30BrN3O2S. The van der Waals surface area contributed by atoms with Crippen LogP contribution in [0.2, 0.25) is 0 Å². The molecule has 0 saturated heterocycles. The van der Waals surface area contributed by atoms with Crippen molar-refractivity contribution in [3.05, 3.63) is 51.3 Å². The van der Waals surface area contributed by atoms with Crippen LogP contribution < -0.4 is 4.80 Å². The van der Waals surface area contributed by atoms with Crippen LogP contribution in [0.25, 0.3) is 0 Å². The van der Waals surface area contributed by atoms with Crippen LogP contribution in [0.15, 0.2) is 34.6 Å². The number of hydrogen-bond acceptors (Lipinski definition) is 4. The number of carbonyl (C=O) groups is 2. The Hall–Kier alpha value is -1.73. The largest absolute Gasteiger partial charge is 0.319 e.